The Morgan fingerprint density at radius 3 is 2.50 bits per heavy atom. The Balaban J connectivity index is 1.58. The molecule has 1 fully saturated rings. The Bertz CT molecular complexity index is 608. The van der Waals surface area contributed by atoms with E-state index in [2.05, 4.69) is 15.6 Å². The number of ether oxygens (including phenoxy) is 1. The number of hydrogen-bond donors (Lipinski definition) is 2. The number of para-hydroxylation sites is 1. The highest BCUT2D eigenvalue weighted by molar-refractivity contribution is 5.91. The van der Waals surface area contributed by atoms with Crippen molar-refractivity contribution in [3.05, 3.63) is 48.7 Å². The minimum Gasteiger partial charge on any atom is -0.381 e. The highest BCUT2D eigenvalue weighted by Crippen LogP contribution is 2.19. The molecule has 5 heteroatoms. The number of pyridine rings is 1. The van der Waals surface area contributed by atoms with Crippen LogP contribution in [0.1, 0.15) is 12.8 Å². The van der Waals surface area contributed by atoms with E-state index in [-0.39, 0.29) is 11.8 Å². The summed E-state index contributed by atoms with van der Waals surface area (Å²) in [4.78, 5) is 16.4. The molecule has 1 aromatic carbocycles. The summed E-state index contributed by atoms with van der Waals surface area (Å²) in [5.74, 6) is 0.632. The SMILES string of the molecule is O=C(Nc1ccc(Nc2ccccc2)cn1)C1CCOCC1. The van der Waals surface area contributed by atoms with Crippen LogP contribution in [0.15, 0.2) is 48.7 Å². The zero-order valence-electron chi connectivity index (χ0n) is 12.3. The van der Waals surface area contributed by atoms with Gasteiger partial charge in [-0.2, -0.15) is 0 Å². The maximum absolute atomic E-state index is 12.1. The number of nitrogens with one attached hydrogen (secondary N) is 2. The maximum Gasteiger partial charge on any atom is 0.228 e. The van der Waals surface area contributed by atoms with Gasteiger partial charge in [0.15, 0.2) is 0 Å². The molecule has 1 aliphatic rings. The first kappa shape index (κ1) is 14.5. The van der Waals surface area contributed by atoms with Crippen molar-refractivity contribution in [3.8, 4) is 0 Å². The second-order valence-corrected chi connectivity index (χ2v) is 5.30. The van der Waals surface area contributed by atoms with Gasteiger partial charge in [-0.15, -0.1) is 0 Å². The van der Waals surface area contributed by atoms with E-state index >= 15 is 0 Å². The first-order chi connectivity index (χ1) is 10.8. The molecule has 0 bridgehead atoms. The van der Waals surface area contributed by atoms with Crippen LogP contribution >= 0.6 is 0 Å². The fourth-order valence-corrected chi connectivity index (χ4v) is 2.42. The fourth-order valence-electron chi connectivity index (χ4n) is 2.42. The lowest BCUT2D eigenvalue weighted by molar-refractivity contribution is -0.122. The van der Waals surface area contributed by atoms with Crippen LogP contribution in [0.5, 0.6) is 0 Å². The predicted octanol–water partition coefficient (Wildman–Crippen LogP) is 3.19. The van der Waals surface area contributed by atoms with Gasteiger partial charge in [0, 0.05) is 24.8 Å². The summed E-state index contributed by atoms with van der Waals surface area (Å²) in [7, 11) is 0. The van der Waals surface area contributed by atoms with Crippen molar-refractivity contribution < 1.29 is 9.53 Å². The third-order valence-electron chi connectivity index (χ3n) is 3.67. The van der Waals surface area contributed by atoms with Gasteiger partial charge in [0.2, 0.25) is 5.91 Å². The molecule has 1 aromatic heterocycles. The monoisotopic (exact) mass is 297 g/mol. The average molecular weight is 297 g/mol. The second kappa shape index (κ2) is 7.04. The lowest BCUT2D eigenvalue weighted by atomic mass is 9.99. The van der Waals surface area contributed by atoms with Gasteiger partial charge >= 0.3 is 0 Å². The summed E-state index contributed by atoms with van der Waals surface area (Å²) in [6.07, 6.45) is 3.27. The van der Waals surface area contributed by atoms with Crippen molar-refractivity contribution in [3.63, 3.8) is 0 Å². The molecule has 1 amide bonds. The molecular formula is C17H19N3O2. The van der Waals surface area contributed by atoms with Crippen LogP contribution in [-0.2, 0) is 9.53 Å². The van der Waals surface area contributed by atoms with Gasteiger partial charge in [-0.1, -0.05) is 18.2 Å². The molecule has 0 saturated carbocycles. The lowest BCUT2D eigenvalue weighted by Gasteiger charge is -2.20. The Labute approximate surface area is 129 Å². The predicted molar refractivity (Wildman–Crippen MR) is 86.1 cm³/mol. The van der Waals surface area contributed by atoms with Gasteiger partial charge in [0.25, 0.3) is 0 Å². The number of benzene rings is 1. The van der Waals surface area contributed by atoms with E-state index < -0.39 is 0 Å². The van der Waals surface area contributed by atoms with Crippen LogP contribution in [0, 0.1) is 5.92 Å². The summed E-state index contributed by atoms with van der Waals surface area (Å²) < 4.78 is 5.27. The Morgan fingerprint density at radius 1 is 1.05 bits per heavy atom. The summed E-state index contributed by atoms with van der Waals surface area (Å²) in [6.45, 7) is 1.32. The molecule has 5 nitrogen and oxygen atoms in total. The van der Waals surface area contributed by atoms with Gasteiger partial charge in [-0.3, -0.25) is 4.79 Å². The van der Waals surface area contributed by atoms with E-state index in [1.807, 2.05) is 42.5 Å². The molecule has 0 radical (unpaired) electrons. The van der Waals surface area contributed by atoms with E-state index in [9.17, 15) is 4.79 Å². The van der Waals surface area contributed by atoms with Gasteiger partial charge in [0.05, 0.1) is 11.9 Å². The van der Waals surface area contributed by atoms with Gasteiger partial charge in [0.1, 0.15) is 5.82 Å². The third kappa shape index (κ3) is 3.83. The van der Waals surface area contributed by atoms with Gasteiger partial charge < -0.3 is 15.4 Å². The van der Waals surface area contributed by atoms with Crippen molar-refractivity contribution in [2.75, 3.05) is 23.8 Å². The van der Waals surface area contributed by atoms with Gasteiger partial charge in [-0.05, 0) is 37.1 Å². The second-order valence-electron chi connectivity index (χ2n) is 5.30. The van der Waals surface area contributed by atoms with E-state index in [1.165, 1.54) is 0 Å². The molecule has 114 valence electrons. The number of anilines is 3. The standard InChI is InChI=1S/C17H19N3O2/c21-17(13-8-10-22-11-9-13)20-16-7-6-15(12-18-16)19-14-4-2-1-3-5-14/h1-7,12-13,19H,8-11H2,(H,18,20,21). The first-order valence-electron chi connectivity index (χ1n) is 7.48. The van der Waals surface area contributed by atoms with E-state index in [0.717, 1.165) is 24.2 Å². The maximum atomic E-state index is 12.1. The highest BCUT2D eigenvalue weighted by atomic mass is 16.5. The molecule has 1 saturated heterocycles. The molecule has 0 unspecified atom stereocenters. The summed E-state index contributed by atoms with van der Waals surface area (Å²) in [5, 5.41) is 6.13. The van der Waals surface area contributed by atoms with Gasteiger partial charge in [-0.25, -0.2) is 4.98 Å². The molecule has 3 rings (SSSR count). The van der Waals surface area contributed by atoms with E-state index in [1.54, 1.807) is 6.20 Å². The molecular weight excluding hydrogens is 278 g/mol. The van der Waals surface area contributed by atoms with Crippen LogP contribution in [-0.4, -0.2) is 24.1 Å². The first-order valence-corrected chi connectivity index (χ1v) is 7.48. The molecule has 2 heterocycles. The quantitative estimate of drug-likeness (QED) is 0.909. The number of nitrogens with zero attached hydrogens (tertiary/aromatic N) is 1. The normalized spacial score (nSPS) is 15.3. The van der Waals surface area contributed by atoms with Crippen LogP contribution in [0.3, 0.4) is 0 Å². The molecule has 0 aliphatic carbocycles. The summed E-state index contributed by atoms with van der Waals surface area (Å²) >= 11 is 0. The number of carbonyl (C=O) groups excluding carboxylic acids is 1. The van der Waals surface area contributed by atoms with Crippen molar-refractivity contribution in [1.82, 2.24) is 4.98 Å². The Kier molecular flexibility index (Phi) is 4.65. The summed E-state index contributed by atoms with van der Waals surface area (Å²) in [6, 6.07) is 13.6. The third-order valence-corrected chi connectivity index (χ3v) is 3.67. The van der Waals surface area contributed by atoms with Crippen LogP contribution in [0.4, 0.5) is 17.2 Å². The van der Waals surface area contributed by atoms with Crippen molar-refractivity contribution >= 4 is 23.1 Å². The van der Waals surface area contributed by atoms with Crippen molar-refractivity contribution in [2.24, 2.45) is 5.92 Å². The molecule has 2 aromatic rings. The van der Waals surface area contributed by atoms with Crippen LogP contribution in [0.25, 0.3) is 0 Å². The number of carbonyl (C=O) groups is 1. The Hall–Kier alpha value is -2.40. The fraction of sp³-hybridized carbons (Fsp3) is 0.294. The minimum atomic E-state index is 0.0256. The molecule has 1 aliphatic heterocycles. The summed E-state index contributed by atoms with van der Waals surface area (Å²) in [5.41, 5.74) is 1.89. The highest BCUT2D eigenvalue weighted by Gasteiger charge is 2.21. The molecule has 22 heavy (non-hydrogen) atoms. The minimum absolute atomic E-state index is 0.0256. The molecule has 2 N–H and O–H groups in total. The van der Waals surface area contributed by atoms with Crippen LogP contribution in [0.2, 0.25) is 0 Å². The number of rotatable bonds is 4. The van der Waals surface area contributed by atoms with Crippen molar-refractivity contribution in [1.29, 1.82) is 0 Å². The smallest absolute Gasteiger partial charge is 0.228 e. The molecule has 0 atom stereocenters. The zero-order valence-corrected chi connectivity index (χ0v) is 12.3. The number of amides is 1. The van der Waals surface area contributed by atoms with E-state index in [4.69, 9.17) is 4.74 Å². The lowest BCUT2D eigenvalue weighted by Crippen LogP contribution is -2.28. The van der Waals surface area contributed by atoms with Crippen molar-refractivity contribution in [2.45, 2.75) is 12.8 Å². The Morgan fingerprint density at radius 2 is 1.82 bits per heavy atom. The largest absolute Gasteiger partial charge is 0.381 e. The molecule has 0 spiro atoms. The topological polar surface area (TPSA) is 63.2 Å². The zero-order chi connectivity index (χ0) is 15.2. The van der Waals surface area contributed by atoms with Crippen LogP contribution < -0.4 is 10.6 Å². The number of aromatic nitrogens is 1. The number of hydrogen-bond acceptors (Lipinski definition) is 4. The van der Waals surface area contributed by atoms with E-state index in [0.29, 0.717) is 19.0 Å². The average Bonchev–Trinajstić information content (AvgIpc) is 2.58.